The quantitative estimate of drug-likeness (QED) is 0.435. The van der Waals surface area contributed by atoms with E-state index in [1.54, 1.807) is 31.2 Å². The van der Waals surface area contributed by atoms with E-state index in [2.05, 4.69) is 16.3 Å². The third kappa shape index (κ3) is 4.37. The second kappa shape index (κ2) is 7.90. The van der Waals surface area contributed by atoms with E-state index in [0.29, 0.717) is 39.2 Å². The number of alkyl halides is 3. The van der Waals surface area contributed by atoms with Crippen LogP contribution in [0.15, 0.2) is 49.1 Å². The van der Waals surface area contributed by atoms with Gasteiger partial charge in [-0.3, -0.25) is 4.79 Å². The number of aromatic amines is 1. The Bertz CT molecular complexity index is 1070. The fourth-order valence-electron chi connectivity index (χ4n) is 3.02. The van der Waals surface area contributed by atoms with Crippen molar-refractivity contribution >= 4 is 16.7 Å². The summed E-state index contributed by atoms with van der Waals surface area (Å²) in [6, 6.07) is 8.60. The molecule has 1 aromatic heterocycles. The van der Waals surface area contributed by atoms with Crippen LogP contribution in [-0.4, -0.2) is 30.8 Å². The lowest BCUT2D eigenvalue weighted by Crippen LogP contribution is -2.17. The summed E-state index contributed by atoms with van der Waals surface area (Å²) in [5, 5.41) is 0.479. The highest BCUT2D eigenvalue weighted by atomic mass is 19.4. The molecule has 0 aliphatic carbocycles. The third-order valence-electron chi connectivity index (χ3n) is 4.21. The van der Waals surface area contributed by atoms with Crippen LogP contribution in [0.5, 0.6) is 17.2 Å². The number of carbonyl (C=O) groups is 1. The van der Waals surface area contributed by atoms with Gasteiger partial charge in [-0.1, -0.05) is 12.7 Å². The van der Waals surface area contributed by atoms with Crippen LogP contribution in [0, 0.1) is 6.92 Å². The van der Waals surface area contributed by atoms with Crippen LogP contribution >= 0.6 is 0 Å². The Labute approximate surface area is 164 Å². The van der Waals surface area contributed by atoms with Crippen molar-refractivity contribution in [3.63, 3.8) is 0 Å². The molecule has 0 amide bonds. The number of nitrogens with one attached hydrogen (secondary N) is 1. The summed E-state index contributed by atoms with van der Waals surface area (Å²) in [5.74, 6) is 0.134. The van der Waals surface area contributed by atoms with Gasteiger partial charge in [0.25, 0.3) is 0 Å². The lowest BCUT2D eigenvalue weighted by Gasteiger charge is -2.12. The number of carbonyl (C=O) groups excluding carboxylic acids is 1. The first-order chi connectivity index (χ1) is 13.7. The Kier molecular flexibility index (Phi) is 5.54. The smallest absolute Gasteiger partial charge is 0.497 e. The lowest BCUT2D eigenvalue weighted by molar-refractivity contribution is -0.274. The van der Waals surface area contributed by atoms with Crippen molar-refractivity contribution in [1.82, 2.24) is 4.98 Å². The molecule has 152 valence electrons. The van der Waals surface area contributed by atoms with Gasteiger partial charge in [0.05, 0.1) is 23.8 Å². The zero-order chi connectivity index (χ0) is 21.2. The highest BCUT2D eigenvalue weighted by molar-refractivity contribution is 6.18. The number of rotatable bonds is 7. The number of aromatic nitrogens is 1. The summed E-state index contributed by atoms with van der Waals surface area (Å²) in [5.41, 5.74) is 1.51. The van der Waals surface area contributed by atoms with Crippen LogP contribution < -0.4 is 14.2 Å². The van der Waals surface area contributed by atoms with Gasteiger partial charge in [-0.25, -0.2) is 0 Å². The summed E-state index contributed by atoms with van der Waals surface area (Å²) < 4.78 is 52.1. The monoisotopic (exact) mass is 405 g/mol. The summed E-state index contributed by atoms with van der Waals surface area (Å²) >= 11 is 0. The Morgan fingerprint density at radius 2 is 1.90 bits per heavy atom. The van der Waals surface area contributed by atoms with Gasteiger partial charge in [0.1, 0.15) is 23.9 Å². The van der Waals surface area contributed by atoms with Gasteiger partial charge >= 0.3 is 6.36 Å². The Balaban J connectivity index is 2.05. The number of benzene rings is 2. The van der Waals surface area contributed by atoms with Crippen molar-refractivity contribution < 1.29 is 32.2 Å². The van der Waals surface area contributed by atoms with Crippen molar-refractivity contribution in [3.8, 4) is 17.2 Å². The average molecular weight is 405 g/mol. The molecule has 5 nitrogen and oxygen atoms in total. The van der Waals surface area contributed by atoms with Crippen LogP contribution in [0.1, 0.15) is 21.6 Å². The number of hydrogen-bond donors (Lipinski definition) is 1. The molecule has 1 heterocycles. The van der Waals surface area contributed by atoms with Crippen molar-refractivity contribution in [2.24, 2.45) is 0 Å². The van der Waals surface area contributed by atoms with Crippen molar-refractivity contribution in [3.05, 3.63) is 65.9 Å². The maximum Gasteiger partial charge on any atom is 0.573 e. The van der Waals surface area contributed by atoms with Gasteiger partial charge in [0, 0.05) is 23.2 Å². The number of H-pyrrole nitrogens is 1. The van der Waals surface area contributed by atoms with E-state index in [-0.39, 0.29) is 18.1 Å². The van der Waals surface area contributed by atoms with Gasteiger partial charge in [0.2, 0.25) is 0 Å². The molecule has 0 bridgehead atoms. The summed E-state index contributed by atoms with van der Waals surface area (Å²) in [6.45, 7) is 5.46. The van der Waals surface area contributed by atoms with Crippen LogP contribution in [-0.2, 0) is 0 Å². The Morgan fingerprint density at radius 1 is 1.17 bits per heavy atom. The second-order valence-electron chi connectivity index (χ2n) is 6.17. The third-order valence-corrected chi connectivity index (χ3v) is 4.21. The standard InChI is InChI=1S/C21H18F3NO4/c1-4-9-28-18-11-13(27-3)5-8-16(18)20(26)19-12(2)25-17-10-14(6-7-15(17)19)29-21(22,23)24/h4-8,10-11,25H,1,9H2,2-3H3. The van der Waals surface area contributed by atoms with Crippen molar-refractivity contribution in [2.45, 2.75) is 13.3 Å². The molecular formula is C21H18F3NO4. The summed E-state index contributed by atoms with van der Waals surface area (Å²) in [7, 11) is 1.50. The van der Waals surface area contributed by atoms with E-state index in [1.165, 1.54) is 25.3 Å². The molecule has 3 aromatic rings. The molecule has 0 atom stereocenters. The molecule has 0 saturated heterocycles. The molecule has 2 aromatic carbocycles. The van der Waals surface area contributed by atoms with Crippen LogP contribution in [0.2, 0.25) is 0 Å². The molecule has 0 aliphatic rings. The number of ether oxygens (including phenoxy) is 3. The number of aryl methyl sites for hydroxylation is 1. The molecular weight excluding hydrogens is 387 g/mol. The van der Waals surface area contributed by atoms with Gasteiger partial charge < -0.3 is 19.2 Å². The number of hydrogen-bond acceptors (Lipinski definition) is 4. The normalized spacial score (nSPS) is 11.3. The molecule has 0 spiro atoms. The Morgan fingerprint density at radius 3 is 2.55 bits per heavy atom. The van der Waals surface area contributed by atoms with E-state index in [4.69, 9.17) is 9.47 Å². The molecule has 29 heavy (non-hydrogen) atoms. The number of ketones is 1. The second-order valence-corrected chi connectivity index (χ2v) is 6.17. The maximum atomic E-state index is 13.3. The van der Waals surface area contributed by atoms with Gasteiger partial charge in [-0.05, 0) is 31.2 Å². The van der Waals surface area contributed by atoms with E-state index in [0.717, 1.165) is 0 Å². The highest BCUT2D eigenvalue weighted by Gasteiger charge is 2.31. The predicted octanol–water partition coefficient (Wildman–Crippen LogP) is 5.18. The van der Waals surface area contributed by atoms with Gasteiger partial charge in [0.15, 0.2) is 5.78 Å². The average Bonchev–Trinajstić information content (AvgIpc) is 2.99. The first-order valence-corrected chi connectivity index (χ1v) is 8.58. The minimum Gasteiger partial charge on any atom is -0.497 e. The minimum absolute atomic E-state index is 0.193. The fourth-order valence-corrected chi connectivity index (χ4v) is 3.02. The minimum atomic E-state index is -4.80. The topological polar surface area (TPSA) is 60.5 Å². The van der Waals surface area contributed by atoms with Crippen LogP contribution in [0.25, 0.3) is 10.9 Å². The molecule has 0 fully saturated rings. The lowest BCUT2D eigenvalue weighted by atomic mass is 9.99. The predicted molar refractivity (Wildman–Crippen MR) is 102 cm³/mol. The maximum absolute atomic E-state index is 13.3. The first kappa shape index (κ1) is 20.3. The van der Waals surface area contributed by atoms with E-state index >= 15 is 0 Å². The summed E-state index contributed by atoms with van der Waals surface area (Å²) in [6.07, 6.45) is -3.25. The number of methoxy groups -OCH3 is 1. The highest BCUT2D eigenvalue weighted by Crippen LogP contribution is 2.33. The number of fused-ring (bicyclic) bond motifs is 1. The van der Waals surface area contributed by atoms with E-state index < -0.39 is 6.36 Å². The van der Waals surface area contributed by atoms with Gasteiger partial charge in [-0.2, -0.15) is 0 Å². The van der Waals surface area contributed by atoms with Crippen molar-refractivity contribution in [2.75, 3.05) is 13.7 Å². The van der Waals surface area contributed by atoms with E-state index in [9.17, 15) is 18.0 Å². The zero-order valence-corrected chi connectivity index (χ0v) is 15.7. The Hall–Kier alpha value is -3.42. The molecule has 3 rings (SSSR count). The SMILES string of the molecule is C=CCOc1cc(OC)ccc1C(=O)c1c(C)[nH]c2cc(OC(F)(F)F)ccc12. The summed E-state index contributed by atoms with van der Waals surface area (Å²) in [4.78, 5) is 16.2. The molecule has 0 saturated carbocycles. The van der Waals surface area contributed by atoms with Crippen LogP contribution in [0.3, 0.4) is 0 Å². The van der Waals surface area contributed by atoms with E-state index in [1.807, 2.05) is 0 Å². The van der Waals surface area contributed by atoms with Gasteiger partial charge in [-0.15, -0.1) is 13.2 Å². The molecule has 1 N–H and O–H groups in total. The fraction of sp³-hybridized carbons (Fsp3) is 0.190. The number of halogens is 3. The van der Waals surface area contributed by atoms with Crippen molar-refractivity contribution in [1.29, 1.82) is 0 Å². The molecule has 0 radical (unpaired) electrons. The zero-order valence-electron chi connectivity index (χ0n) is 15.7. The van der Waals surface area contributed by atoms with Crippen LogP contribution in [0.4, 0.5) is 13.2 Å². The first-order valence-electron chi connectivity index (χ1n) is 8.58. The molecule has 0 unspecified atom stereocenters. The molecule has 8 heteroatoms. The largest absolute Gasteiger partial charge is 0.573 e. The molecule has 0 aliphatic heterocycles.